The molecular weight excluding hydrogens is 380 g/mol. The summed E-state index contributed by atoms with van der Waals surface area (Å²) in [5, 5.41) is 50.4. The van der Waals surface area contributed by atoms with Crippen molar-refractivity contribution in [3.05, 3.63) is 52.2 Å². The predicted octanol–water partition coefficient (Wildman–Crippen LogP) is 2.15. The number of benzene rings is 2. The molecule has 1 aliphatic heterocycles. The molecule has 0 amide bonds. The molecule has 2 heterocycles. The number of phenolic OH excluding ortho intramolecular Hbond substituents is 3. The van der Waals surface area contributed by atoms with E-state index in [1.165, 1.54) is 24.3 Å². The Bertz CT molecular complexity index is 1110. The van der Waals surface area contributed by atoms with E-state index in [9.17, 15) is 30.3 Å². The normalized spacial score (nSPS) is 24.7. The molecule has 2 aromatic carbocycles. The summed E-state index contributed by atoms with van der Waals surface area (Å²) in [6, 6.07) is 8.44. The van der Waals surface area contributed by atoms with Gasteiger partial charge in [-0.3, -0.25) is 4.79 Å². The summed E-state index contributed by atoms with van der Waals surface area (Å²) in [5.74, 6) is -0.588. The van der Waals surface area contributed by atoms with Crippen LogP contribution in [0.15, 0.2) is 45.6 Å². The Morgan fingerprint density at radius 1 is 1.03 bits per heavy atom. The van der Waals surface area contributed by atoms with Crippen molar-refractivity contribution in [2.24, 2.45) is 0 Å². The van der Waals surface area contributed by atoms with Crippen molar-refractivity contribution in [2.45, 2.75) is 37.8 Å². The van der Waals surface area contributed by atoms with Gasteiger partial charge in [-0.1, -0.05) is 0 Å². The standard InChI is InChI=1S/C21H20O8/c1-9-20(26)14(25)8-16(28-9)18-13(24)7-17-19(21(18)27)12(23)6-15(29-17)10-2-4-11(22)5-3-10/h2-7,9,14,16,20,22,24-27H,8H2,1H3/t9-,14-,16-,20-/m1/s1. The van der Waals surface area contributed by atoms with E-state index in [1.54, 1.807) is 19.1 Å². The van der Waals surface area contributed by atoms with Gasteiger partial charge in [0.2, 0.25) is 0 Å². The molecule has 0 unspecified atom stereocenters. The zero-order valence-corrected chi connectivity index (χ0v) is 15.4. The first-order valence-corrected chi connectivity index (χ1v) is 9.10. The van der Waals surface area contributed by atoms with Crippen LogP contribution in [0.1, 0.15) is 25.0 Å². The molecule has 1 aliphatic rings. The molecule has 1 aromatic heterocycles. The van der Waals surface area contributed by atoms with Gasteiger partial charge in [0.1, 0.15) is 40.1 Å². The Labute approximate surface area is 164 Å². The minimum atomic E-state index is -1.11. The molecule has 8 heteroatoms. The van der Waals surface area contributed by atoms with Crippen LogP contribution in [0.2, 0.25) is 0 Å². The molecule has 0 spiro atoms. The maximum absolute atomic E-state index is 12.7. The SMILES string of the molecule is C[C@H]1O[C@@H](c2c(O)cc3oc(-c4ccc(O)cc4)cc(=O)c3c2O)C[C@@H](O)[C@@H]1O. The fraction of sp³-hybridized carbons (Fsp3) is 0.286. The van der Waals surface area contributed by atoms with E-state index in [1.807, 2.05) is 0 Å². The van der Waals surface area contributed by atoms with Gasteiger partial charge in [-0.2, -0.15) is 0 Å². The van der Waals surface area contributed by atoms with Crippen LogP contribution in [-0.2, 0) is 4.74 Å². The van der Waals surface area contributed by atoms with E-state index in [-0.39, 0.29) is 40.2 Å². The van der Waals surface area contributed by atoms with Crippen molar-refractivity contribution >= 4 is 11.0 Å². The van der Waals surface area contributed by atoms with E-state index >= 15 is 0 Å². The quantitative estimate of drug-likeness (QED) is 0.441. The van der Waals surface area contributed by atoms with Gasteiger partial charge in [-0.15, -0.1) is 0 Å². The Morgan fingerprint density at radius 3 is 2.38 bits per heavy atom. The number of aromatic hydroxyl groups is 3. The minimum Gasteiger partial charge on any atom is -0.508 e. The fourth-order valence-corrected chi connectivity index (χ4v) is 3.64. The van der Waals surface area contributed by atoms with Crippen molar-refractivity contribution in [3.8, 4) is 28.6 Å². The lowest BCUT2D eigenvalue weighted by molar-refractivity contribution is -0.164. The lowest BCUT2D eigenvalue weighted by Crippen LogP contribution is -2.43. The maximum atomic E-state index is 12.7. The Hall–Kier alpha value is -3.07. The molecule has 29 heavy (non-hydrogen) atoms. The van der Waals surface area contributed by atoms with E-state index in [0.29, 0.717) is 5.56 Å². The second kappa shape index (κ2) is 7.07. The molecule has 1 saturated heterocycles. The highest BCUT2D eigenvalue weighted by atomic mass is 16.5. The third kappa shape index (κ3) is 3.31. The zero-order valence-electron chi connectivity index (χ0n) is 15.4. The highest BCUT2D eigenvalue weighted by molar-refractivity contribution is 5.88. The maximum Gasteiger partial charge on any atom is 0.197 e. The molecule has 0 bridgehead atoms. The number of aliphatic hydroxyl groups is 2. The molecule has 0 saturated carbocycles. The zero-order chi connectivity index (χ0) is 20.9. The van der Waals surface area contributed by atoms with Gasteiger partial charge in [0.05, 0.1) is 23.9 Å². The van der Waals surface area contributed by atoms with Crippen molar-refractivity contribution in [3.63, 3.8) is 0 Å². The van der Waals surface area contributed by atoms with Gasteiger partial charge in [0.15, 0.2) is 5.43 Å². The molecule has 0 aliphatic carbocycles. The summed E-state index contributed by atoms with van der Waals surface area (Å²) in [4.78, 5) is 12.7. The van der Waals surface area contributed by atoms with Crippen LogP contribution in [0.4, 0.5) is 0 Å². The van der Waals surface area contributed by atoms with Crippen LogP contribution in [0.25, 0.3) is 22.3 Å². The lowest BCUT2D eigenvalue weighted by Gasteiger charge is -2.36. The topological polar surface area (TPSA) is 141 Å². The number of aliphatic hydroxyl groups excluding tert-OH is 2. The van der Waals surface area contributed by atoms with Crippen molar-refractivity contribution < 1.29 is 34.7 Å². The number of ether oxygens (including phenoxy) is 1. The Kier molecular flexibility index (Phi) is 4.70. The summed E-state index contributed by atoms with van der Waals surface area (Å²) >= 11 is 0. The van der Waals surface area contributed by atoms with Crippen LogP contribution in [0.5, 0.6) is 17.2 Å². The Morgan fingerprint density at radius 2 is 1.72 bits per heavy atom. The first kappa shape index (κ1) is 19.3. The van der Waals surface area contributed by atoms with Crippen LogP contribution in [0, 0.1) is 0 Å². The van der Waals surface area contributed by atoms with Crippen molar-refractivity contribution in [1.82, 2.24) is 0 Å². The first-order chi connectivity index (χ1) is 13.8. The van der Waals surface area contributed by atoms with Crippen LogP contribution >= 0.6 is 0 Å². The Balaban J connectivity index is 1.84. The third-order valence-electron chi connectivity index (χ3n) is 5.19. The fourth-order valence-electron chi connectivity index (χ4n) is 3.64. The summed E-state index contributed by atoms with van der Waals surface area (Å²) in [5.41, 5.74) is -0.0623. The lowest BCUT2D eigenvalue weighted by atomic mass is 9.92. The van der Waals surface area contributed by atoms with Gasteiger partial charge in [0.25, 0.3) is 0 Å². The molecule has 0 radical (unpaired) electrons. The third-order valence-corrected chi connectivity index (χ3v) is 5.19. The number of phenols is 3. The summed E-state index contributed by atoms with van der Waals surface area (Å²) < 4.78 is 11.3. The van der Waals surface area contributed by atoms with Crippen LogP contribution in [0.3, 0.4) is 0 Å². The second-order valence-corrected chi connectivity index (χ2v) is 7.18. The summed E-state index contributed by atoms with van der Waals surface area (Å²) in [6.45, 7) is 1.56. The van der Waals surface area contributed by atoms with Crippen molar-refractivity contribution in [2.75, 3.05) is 0 Å². The first-order valence-electron chi connectivity index (χ1n) is 9.10. The average Bonchev–Trinajstić information content (AvgIpc) is 2.65. The monoisotopic (exact) mass is 400 g/mol. The highest BCUT2D eigenvalue weighted by Crippen LogP contribution is 2.44. The van der Waals surface area contributed by atoms with E-state index in [0.717, 1.165) is 0 Å². The second-order valence-electron chi connectivity index (χ2n) is 7.18. The molecule has 8 nitrogen and oxygen atoms in total. The van der Waals surface area contributed by atoms with Crippen molar-refractivity contribution in [1.29, 1.82) is 0 Å². The highest BCUT2D eigenvalue weighted by Gasteiger charge is 2.37. The van der Waals surface area contributed by atoms with Gasteiger partial charge < -0.3 is 34.7 Å². The number of hydrogen-bond acceptors (Lipinski definition) is 8. The molecule has 3 aromatic rings. The molecule has 152 valence electrons. The van der Waals surface area contributed by atoms with Gasteiger partial charge in [-0.25, -0.2) is 0 Å². The summed E-state index contributed by atoms with van der Waals surface area (Å²) in [6.07, 6.45) is -3.90. The molecule has 1 fully saturated rings. The number of hydrogen-bond donors (Lipinski definition) is 5. The van der Waals surface area contributed by atoms with Gasteiger partial charge in [-0.05, 0) is 31.2 Å². The largest absolute Gasteiger partial charge is 0.508 e. The minimum absolute atomic E-state index is 0.0243. The summed E-state index contributed by atoms with van der Waals surface area (Å²) in [7, 11) is 0. The predicted molar refractivity (Wildman–Crippen MR) is 103 cm³/mol. The number of fused-ring (bicyclic) bond motifs is 1. The van der Waals surface area contributed by atoms with E-state index in [2.05, 4.69) is 0 Å². The molecule has 4 atom stereocenters. The van der Waals surface area contributed by atoms with Gasteiger partial charge >= 0.3 is 0 Å². The average molecular weight is 400 g/mol. The van der Waals surface area contributed by atoms with E-state index < -0.39 is 35.6 Å². The van der Waals surface area contributed by atoms with Gasteiger partial charge in [0, 0.05) is 24.1 Å². The molecular formula is C21H20O8. The molecule has 5 N–H and O–H groups in total. The molecule has 4 rings (SSSR count). The van der Waals surface area contributed by atoms with Crippen LogP contribution in [-0.4, -0.2) is 43.8 Å². The van der Waals surface area contributed by atoms with E-state index in [4.69, 9.17) is 9.15 Å². The number of rotatable bonds is 2. The van der Waals surface area contributed by atoms with Crippen LogP contribution < -0.4 is 5.43 Å². The smallest absolute Gasteiger partial charge is 0.197 e.